The maximum absolute atomic E-state index is 13.8. The first-order chi connectivity index (χ1) is 10.0. The number of carbonyl (C=O) groups is 1. The van der Waals surface area contributed by atoms with Gasteiger partial charge in [-0.05, 0) is 37.0 Å². The zero-order valence-electron chi connectivity index (χ0n) is 11.5. The van der Waals surface area contributed by atoms with Gasteiger partial charge in [0.2, 0.25) is 0 Å². The summed E-state index contributed by atoms with van der Waals surface area (Å²) in [5.41, 5.74) is 1.24. The number of nitrogens with zero attached hydrogens (tertiary/aromatic N) is 1. The summed E-state index contributed by atoms with van der Waals surface area (Å²) in [5.74, 6) is 0.334. The van der Waals surface area contributed by atoms with E-state index in [0.29, 0.717) is 10.4 Å². The fourth-order valence-corrected chi connectivity index (χ4v) is 2.86. The normalized spacial score (nSPS) is 17.4. The number of aryl methyl sites for hydroxylation is 1. The second kappa shape index (κ2) is 5.60. The molecule has 0 spiro atoms. The zero-order chi connectivity index (χ0) is 15.0. The van der Waals surface area contributed by atoms with Crippen molar-refractivity contribution in [2.24, 2.45) is 5.92 Å². The molecule has 3 rings (SSSR count). The Balaban J connectivity index is 1.85. The summed E-state index contributed by atoms with van der Waals surface area (Å²) in [5, 5.41) is 6.40. The number of carbonyl (C=O) groups excluding carboxylic acids is 1. The molecule has 110 valence electrons. The molecular weight excluding hydrogens is 339 g/mol. The zero-order valence-corrected chi connectivity index (χ0v) is 13.0. The van der Waals surface area contributed by atoms with Crippen LogP contribution in [0, 0.1) is 11.7 Å². The molecule has 0 unspecified atom stereocenters. The summed E-state index contributed by atoms with van der Waals surface area (Å²) in [6.45, 7) is 2.13. The molecule has 1 amide bonds. The lowest BCUT2D eigenvalue weighted by Crippen LogP contribution is -2.18. The van der Waals surface area contributed by atoms with Crippen LogP contribution in [0.15, 0.2) is 27.2 Å². The lowest BCUT2D eigenvalue weighted by Gasteiger charge is -2.16. The van der Waals surface area contributed by atoms with Crippen LogP contribution in [0.25, 0.3) is 0 Å². The molecule has 1 heterocycles. The van der Waals surface area contributed by atoms with Crippen molar-refractivity contribution in [2.75, 3.05) is 5.32 Å². The Morgan fingerprint density at radius 3 is 3.10 bits per heavy atom. The van der Waals surface area contributed by atoms with Crippen LogP contribution in [0.5, 0.6) is 0 Å². The molecule has 2 aromatic rings. The highest BCUT2D eigenvalue weighted by Gasteiger charge is 2.27. The molecule has 0 saturated carbocycles. The second-order valence-corrected chi connectivity index (χ2v) is 6.27. The lowest BCUT2D eigenvalue weighted by molar-refractivity contribution is 0.101. The standard InChI is InChI=1S/C15H14BrFN2O2/c1-8-2-5-13-10(6-8)14(19-21-13)15(20)18-12-4-3-9(16)7-11(12)17/h3-4,7-8H,2,5-6H2,1H3,(H,18,20)/t8-/m1/s1. The highest BCUT2D eigenvalue weighted by molar-refractivity contribution is 9.10. The smallest absolute Gasteiger partial charge is 0.278 e. The first-order valence-corrected chi connectivity index (χ1v) is 7.57. The average Bonchev–Trinajstić information content (AvgIpc) is 2.85. The molecule has 0 radical (unpaired) electrons. The van der Waals surface area contributed by atoms with Gasteiger partial charge in [-0.15, -0.1) is 0 Å². The van der Waals surface area contributed by atoms with Crippen LogP contribution in [0.4, 0.5) is 10.1 Å². The molecule has 21 heavy (non-hydrogen) atoms. The molecule has 1 atom stereocenters. The Bertz CT molecular complexity index is 699. The summed E-state index contributed by atoms with van der Waals surface area (Å²) >= 11 is 3.18. The van der Waals surface area contributed by atoms with Crippen molar-refractivity contribution in [3.8, 4) is 0 Å². The third kappa shape index (κ3) is 2.85. The summed E-state index contributed by atoms with van der Waals surface area (Å²) in [6, 6.07) is 4.47. The first kappa shape index (κ1) is 14.3. The molecule has 1 aromatic heterocycles. The average molecular weight is 353 g/mol. The molecule has 1 aliphatic rings. The molecule has 0 aliphatic heterocycles. The van der Waals surface area contributed by atoms with E-state index >= 15 is 0 Å². The Labute approximate surface area is 129 Å². The molecule has 0 fully saturated rings. The van der Waals surface area contributed by atoms with Crippen LogP contribution in [-0.2, 0) is 12.8 Å². The van der Waals surface area contributed by atoms with Crippen LogP contribution in [0.2, 0.25) is 0 Å². The van der Waals surface area contributed by atoms with E-state index in [9.17, 15) is 9.18 Å². The van der Waals surface area contributed by atoms with Gasteiger partial charge in [0.05, 0.1) is 5.69 Å². The molecule has 1 N–H and O–H groups in total. The monoisotopic (exact) mass is 352 g/mol. The predicted octanol–water partition coefficient (Wildman–Crippen LogP) is 3.95. The predicted molar refractivity (Wildman–Crippen MR) is 79.7 cm³/mol. The third-order valence-corrected chi connectivity index (χ3v) is 4.17. The quantitative estimate of drug-likeness (QED) is 0.889. The highest BCUT2D eigenvalue weighted by atomic mass is 79.9. The number of aromatic nitrogens is 1. The van der Waals surface area contributed by atoms with E-state index in [1.165, 1.54) is 12.1 Å². The minimum Gasteiger partial charge on any atom is -0.360 e. The number of halogens is 2. The SMILES string of the molecule is C[C@@H]1CCc2onc(C(=O)Nc3ccc(Br)cc3F)c2C1. The van der Waals surface area contributed by atoms with Gasteiger partial charge in [0.1, 0.15) is 11.6 Å². The number of fused-ring (bicyclic) bond motifs is 1. The molecule has 0 saturated heterocycles. The van der Waals surface area contributed by atoms with Crippen molar-refractivity contribution in [1.29, 1.82) is 0 Å². The Morgan fingerprint density at radius 2 is 2.33 bits per heavy atom. The molecule has 0 bridgehead atoms. The number of benzene rings is 1. The van der Waals surface area contributed by atoms with Crippen molar-refractivity contribution in [3.05, 3.63) is 45.5 Å². The molecule has 6 heteroatoms. The van der Waals surface area contributed by atoms with Crippen molar-refractivity contribution < 1.29 is 13.7 Å². The van der Waals surface area contributed by atoms with Gasteiger partial charge in [0.15, 0.2) is 5.69 Å². The van der Waals surface area contributed by atoms with Gasteiger partial charge in [-0.1, -0.05) is 28.0 Å². The molecule has 1 aliphatic carbocycles. The summed E-state index contributed by atoms with van der Waals surface area (Å²) in [6.07, 6.45) is 2.60. The van der Waals surface area contributed by atoms with Gasteiger partial charge in [-0.25, -0.2) is 4.39 Å². The van der Waals surface area contributed by atoms with Crippen LogP contribution in [-0.4, -0.2) is 11.1 Å². The van der Waals surface area contributed by atoms with Crippen molar-refractivity contribution >= 4 is 27.5 Å². The third-order valence-electron chi connectivity index (χ3n) is 3.68. The van der Waals surface area contributed by atoms with E-state index < -0.39 is 11.7 Å². The number of nitrogens with one attached hydrogen (secondary N) is 1. The van der Waals surface area contributed by atoms with Gasteiger partial charge >= 0.3 is 0 Å². The maximum atomic E-state index is 13.8. The Kier molecular flexibility index (Phi) is 3.80. The molecule has 1 aromatic carbocycles. The van der Waals surface area contributed by atoms with Crippen LogP contribution in [0.1, 0.15) is 35.2 Å². The lowest BCUT2D eigenvalue weighted by atomic mass is 9.88. The summed E-state index contributed by atoms with van der Waals surface area (Å²) in [4.78, 5) is 12.3. The van der Waals surface area contributed by atoms with E-state index in [1.807, 2.05) is 0 Å². The maximum Gasteiger partial charge on any atom is 0.278 e. The fraction of sp³-hybridized carbons (Fsp3) is 0.333. The van der Waals surface area contributed by atoms with Crippen molar-refractivity contribution in [1.82, 2.24) is 5.16 Å². The minimum atomic E-state index is -0.497. The van der Waals surface area contributed by atoms with Crippen LogP contribution in [0.3, 0.4) is 0 Å². The Morgan fingerprint density at radius 1 is 1.52 bits per heavy atom. The molecular formula is C15H14BrFN2O2. The van der Waals surface area contributed by atoms with E-state index in [0.717, 1.165) is 30.6 Å². The first-order valence-electron chi connectivity index (χ1n) is 6.78. The fourth-order valence-electron chi connectivity index (χ4n) is 2.53. The largest absolute Gasteiger partial charge is 0.360 e. The van der Waals surface area contributed by atoms with Gasteiger partial charge < -0.3 is 9.84 Å². The van der Waals surface area contributed by atoms with Gasteiger partial charge in [0, 0.05) is 16.5 Å². The number of anilines is 1. The minimum absolute atomic E-state index is 0.129. The van der Waals surface area contributed by atoms with E-state index in [1.54, 1.807) is 6.07 Å². The Hall–Kier alpha value is -1.69. The number of amides is 1. The van der Waals surface area contributed by atoms with Crippen LogP contribution < -0.4 is 5.32 Å². The molecule has 4 nitrogen and oxygen atoms in total. The second-order valence-electron chi connectivity index (χ2n) is 5.36. The van der Waals surface area contributed by atoms with Gasteiger partial charge in [-0.3, -0.25) is 4.79 Å². The van der Waals surface area contributed by atoms with Gasteiger partial charge in [0.25, 0.3) is 5.91 Å². The summed E-state index contributed by atoms with van der Waals surface area (Å²) < 4.78 is 19.6. The van der Waals surface area contributed by atoms with Crippen molar-refractivity contribution in [3.63, 3.8) is 0 Å². The number of rotatable bonds is 2. The highest BCUT2D eigenvalue weighted by Crippen LogP contribution is 2.28. The van der Waals surface area contributed by atoms with Crippen LogP contribution >= 0.6 is 15.9 Å². The number of hydrogen-bond acceptors (Lipinski definition) is 3. The van der Waals surface area contributed by atoms with E-state index in [4.69, 9.17) is 4.52 Å². The van der Waals surface area contributed by atoms with E-state index in [2.05, 4.69) is 33.3 Å². The number of hydrogen-bond donors (Lipinski definition) is 1. The van der Waals surface area contributed by atoms with Gasteiger partial charge in [-0.2, -0.15) is 0 Å². The topological polar surface area (TPSA) is 55.1 Å². The summed E-state index contributed by atoms with van der Waals surface area (Å²) in [7, 11) is 0. The van der Waals surface area contributed by atoms with Crippen molar-refractivity contribution in [2.45, 2.75) is 26.2 Å². The van der Waals surface area contributed by atoms with E-state index in [-0.39, 0.29) is 11.4 Å².